The van der Waals surface area contributed by atoms with E-state index in [-0.39, 0.29) is 5.91 Å². The van der Waals surface area contributed by atoms with E-state index in [2.05, 4.69) is 14.8 Å². The van der Waals surface area contributed by atoms with Gasteiger partial charge in [0.2, 0.25) is 5.91 Å². The topological polar surface area (TPSA) is 48.9 Å². The molecule has 138 valence electrons. The van der Waals surface area contributed by atoms with E-state index < -0.39 is 0 Å². The van der Waals surface area contributed by atoms with Gasteiger partial charge >= 0.3 is 0 Å². The number of rotatable bonds is 6. The van der Waals surface area contributed by atoms with Crippen molar-refractivity contribution in [3.8, 4) is 5.75 Å². The lowest BCUT2D eigenvalue weighted by atomic mass is 10.2. The number of anilines is 1. The molecule has 26 heavy (non-hydrogen) atoms. The zero-order chi connectivity index (χ0) is 18.4. The fourth-order valence-electron chi connectivity index (χ4n) is 3.12. The third kappa shape index (κ3) is 4.73. The molecule has 0 aliphatic carbocycles. The summed E-state index contributed by atoms with van der Waals surface area (Å²) < 4.78 is 5.24. The smallest absolute Gasteiger partial charge is 0.236 e. The maximum Gasteiger partial charge on any atom is 0.236 e. The van der Waals surface area contributed by atoms with E-state index >= 15 is 0 Å². The summed E-state index contributed by atoms with van der Waals surface area (Å²) in [6.45, 7) is 4.57. The fourth-order valence-corrected chi connectivity index (χ4v) is 3.12. The molecule has 1 saturated heterocycles. The van der Waals surface area contributed by atoms with Crippen molar-refractivity contribution < 1.29 is 9.53 Å². The second-order valence-corrected chi connectivity index (χ2v) is 6.55. The number of carbonyl (C=O) groups is 1. The summed E-state index contributed by atoms with van der Waals surface area (Å²) in [5, 5.41) is 0. The molecular formula is C20H26N4O2. The van der Waals surface area contributed by atoms with Crippen molar-refractivity contribution in [1.82, 2.24) is 14.8 Å². The van der Waals surface area contributed by atoms with Crippen LogP contribution >= 0.6 is 0 Å². The molecule has 1 amide bonds. The van der Waals surface area contributed by atoms with Crippen molar-refractivity contribution in [3.63, 3.8) is 0 Å². The van der Waals surface area contributed by atoms with Gasteiger partial charge in [0.15, 0.2) is 0 Å². The summed E-state index contributed by atoms with van der Waals surface area (Å²) in [4.78, 5) is 23.2. The molecule has 0 radical (unpaired) electrons. The molecule has 3 rings (SSSR count). The lowest BCUT2D eigenvalue weighted by molar-refractivity contribution is -0.131. The standard InChI is InChI=1S/C20H26N4O2/c1-22(15-17-6-5-7-18(14-17)26-2)20(25)16-23-10-12-24(13-11-23)19-8-3-4-9-21-19/h3-9,14H,10-13,15-16H2,1-2H3. The first-order valence-electron chi connectivity index (χ1n) is 8.91. The summed E-state index contributed by atoms with van der Waals surface area (Å²) in [5.74, 6) is 1.96. The van der Waals surface area contributed by atoms with Gasteiger partial charge in [-0.25, -0.2) is 4.98 Å². The molecule has 1 aliphatic rings. The molecule has 0 atom stereocenters. The average molecular weight is 354 g/mol. The van der Waals surface area contributed by atoms with Gasteiger partial charge in [0.05, 0.1) is 13.7 Å². The van der Waals surface area contributed by atoms with Crippen LogP contribution < -0.4 is 9.64 Å². The van der Waals surface area contributed by atoms with E-state index in [0.29, 0.717) is 13.1 Å². The molecule has 0 N–H and O–H groups in total. The average Bonchev–Trinajstić information content (AvgIpc) is 2.69. The number of hydrogen-bond acceptors (Lipinski definition) is 5. The Morgan fingerprint density at radius 2 is 1.96 bits per heavy atom. The second kappa shape index (κ2) is 8.67. The summed E-state index contributed by atoms with van der Waals surface area (Å²) in [6, 6.07) is 13.8. The number of methoxy groups -OCH3 is 1. The van der Waals surface area contributed by atoms with Crippen LogP contribution in [0.25, 0.3) is 0 Å². The first-order chi connectivity index (χ1) is 12.7. The number of pyridine rings is 1. The van der Waals surface area contributed by atoms with Crippen molar-refractivity contribution in [1.29, 1.82) is 0 Å². The van der Waals surface area contributed by atoms with E-state index in [9.17, 15) is 4.79 Å². The van der Waals surface area contributed by atoms with E-state index in [1.54, 1.807) is 12.0 Å². The van der Waals surface area contributed by atoms with Crippen LogP contribution in [0.2, 0.25) is 0 Å². The Balaban J connectivity index is 1.47. The Kier molecular flexibility index (Phi) is 6.07. The fraction of sp³-hybridized carbons (Fsp3) is 0.400. The molecule has 1 aromatic heterocycles. The molecule has 1 fully saturated rings. The van der Waals surface area contributed by atoms with Gasteiger partial charge in [-0.3, -0.25) is 9.69 Å². The van der Waals surface area contributed by atoms with E-state index in [4.69, 9.17) is 4.74 Å². The van der Waals surface area contributed by atoms with Crippen LogP contribution in [0.3, 0.4) is 0 Å². The van der Waals surface area contributed by atoms with Crippen molar-refractivity contribution >= 4 is 11.7 Å². The SMILES string of the molecule is COc1cccc(CN(C)C(=O)CN2CCN(c3ccccn3)CC2)c1. The van der Waals surface area contributed by atoms with Gasteiger partial charge in [-0.1, -0.05) is 18.2 Å². The number of benzene rings is 1. The minimum Gasteiger partial charge on any atom is -0.497 e. The maximum absolute atomic E-state index is 12.5. The molecule has 2 aromatic rings. The van der Waals surface area contributed by atoms with Crippen molar-refractivity contribution in [2.24, 2.45) is 0 Å². The van der Waals surface area contributed by atoms with Crippen LogP contribution in [-0.4, -0.2) is 67.6 Å². The van der Waals surface area contributed by atoms with Gasteiger partial charge in [0.1, 0.15) is 11.6 Å². The third-order valence-corrected chi connectivity index (χ3v) is 4.68. The van der Waals surface area contributed by atoms with Crippen molar-refractivity contribution in [3.05, 3.63) is 54.2 Å². The predicted molar refractivity (Wildman–Crippen MR) is 102 cm³/mol. The van der Waals surface area contributed by atoms with Crippen LogP contribution in [0, 0.1) is 0 Å². The second-order valence-electron chi connectivity index (χ2n) is 6.55. The summed E-state index contributed by atoms with van der Waals surface area (Å²) >= 11 is 0. The highest BCUT2D eigenvalue weighted by molar-refractivity contribution is 5.78. The number of piperazine rings is 1. The Bertz CT molecular complexity index is 715. The molecule has 0 saturated carbocycles. The molecule has 0 unspecified atom stereocenters. The lowest BCUT2D eigenvalue weighted by Crippen LogP contribution is -2.49. The number of hydrogen-bond donors (Lipinski definition) is 0. The van der Waals surface area contributed by atoms with Crippen molar-refractivity contribution in [2.45, 2.75) is 6.54 Å². The van der Waals surface area contributed by atoms with Gasteiger partial charge in [0, 0.05) is 46.0 Å². The predicted octanol–water partition coefficient (Wildman–Crippen LogP) is 1.87. The highest BCUT2D eigenvalue weighted by Crippen LogP contribution is 2.15. The summed E-state index contributed by atoms with van der Waals surface area (Å²) in [7, 11) is 3.50. The zero-order valence-corrected chi connectivity index (χ0v) is 15.5. The monoisotopic (exact) mass is 354 g/mol. The molecule has 6 nitrogen and oxygen atoms in total. The van der Waals surface area contributed by atoms with Crippen LogP contribution in [0.15, 0.2) is 48.7 Å². The largest absolute Gasteiger partial charge is 0.497 e. The normalized spacial score (nSPS) is 14.9. The summed E-state index contributed by atoms with van der Waals surface area (Å²) in [5.41, 5.74) is 1.07. The zero-order valence-electron chi connectivity index (χ0n) is 15.5. The van der Waals surface area contributed by atoms with Crippen LogP contribution in [0.1, 0.15) is 5.56 Å². The van der Waals surface area contributed by atoms with Crippen LogP contribution in [0.5, 0.6) is 5.75 Å². The lowest BCUT2D eigenvalue weighted by Gasteiger charge is -2.35. The third-order valence-electron chi connectivity index (χ3n) is 4.68. The summed E-state index contributed by atoms with van der Waals surface area (Å²) in [6.07, 6.45) is 1.82. The highest BCUT2D eigenvalue weighted by atomic mass is 16.5. The van der Waals surface area contributed by atoms with Gasteiger partial charge in [-0.2, -0.15) is 0 Å². The van der Waals surface area contributed by atoms with Crippen LogP contribution in [-0.2, 0) is 11.3 Å². The molecule has 0 bridgehead atoms. The first-order valence-corrected chi connectivity index (χ1v) is 8.91. The molecule has 6 heteroatoms. The molecule has 1 aliphatic heterocycles. The minimum atomic E-state index is 0.138. The maximum atomic E-state index is 12.5. The number of ether oxygens (including phenoxy) is 1. The Morgan fingerprint density at radius 3 is 2.65 bits per heavy atom. The highest BCUT2D eigenvalue weighted by Gasteiger charge is 2.21. The first kappa shape index (κ1) is 18.2. The van der Waals surface area contributed by atoms with E-state index in [0.717, 1.165) is 43.3 Å². The van der Waals surface area contributed by atoms with Gasteiger partial charge < -0.3 is 14.5 Å². The number of nitrogens with zero attached hydrogens (tertiary/aromatic N) is 4. The molecular weight excluding hydrogens is 328 g/mol. The van der Waals surface area contributed by atoms with Gasteiger partial charge in [-0.15, -0.1) is 0 Å². The minimum absolute atomic E-state index is 0.138. The van der Waals surface area contributed by atoms with Crippen molar-refractivity contribution in [2.75, 3.05) is 51.8 Å². The van der Waals surface area contributed by atoms with E-state index in [1.807, 2.05) is 55.7 Å². The van der Waals surface area contributed by atoms with Gasteiger partial charge in [-0.05, 0) is 29.8 Å². The number of likely N-dealkylation sites (N-methyl/N-ethyl adjacent to an activating group) is 1. The number of carbonyl (C=O) groups excluding carboxylic acids is 1. The van der Waals surface area contributed by atoms with Crippen LogP contribution in [0.4, 0.5) is 5.82 Å². The number of amides is 1. The quantitative estimate of drug-likeness (QED) is 0.793. The molecule has 2 heterocycles. The van der Waals surface area contributed by atoms with E-state index in [1.165, 1.54) is 0 Å². The van der Waals surface area contributed by atoms with Gasteiger partial charge in [0.25, 0.3) is 0 Å². The Morgan fingerprint density at radius 1 is 1.15 bits per heavy atom. The molecule has 0 spiro atoms. The number of aromatic nitrogens is 1. The molecule has 1 aromatic carbocycles. The Labute approximate surface area is 155 Å². The Hall–Kier alpha value is -2.60.